The molecule has 47 valence electrons. The number of rotatable bonds is 0. The predicted octanol–water partition coefficient (Wildman–Crippen LogP) is 1.96. The fraction of sp³-hybridized carbons (Fsp3) is 0.143. The zero-order chi connectivity index (χ0) is 6.85. The Kier molecular flexibility index (Phi) is 1.63. The van der Waals surface area contributed by atoms with Crippen LogP contribution in [0.2, 0.25) is 0 Å². The summed E-state index contributed by atoms with van der Waals surface area (Å²) < 4.78 is 0. The molecule has 2 heteroatoms. The van der Waals surface area contributed by atoms with E-state index in [-0.39, 0.29) is 5.76 Å². The van der Waals surface area contributed by atoms with Crippen LogP contribution in [0.3, 0.4) is 0 Å². The van der Waals surface area contributed by atoms with Crippen LogP contribution < -0.4 is 0 Å². The fourth-order valence-electron chi connectivity index (χ4n) is 0.570. The molecule has 0 amide bonds. The van der Waals surface area contributed by atoms with E-state index in [0.29, 0.717) is 5.57 Å². The fourth-order valence-corrected chi connectivity index (χ4v) is 0.706. The quantitative estimate of drug-likeness (QED) is 0.512. The molecular weight excluding hydrogens is 136 g/mol. The van der Waals surface area contributed by atoms with Gasteiger partial charge in [0.15, 0.2) is 0 Å². The van der Waals surface area contributed by atoms with Crippen LogP contribution in [0.1, 0.15) is 0 Å². The Morgan fingerprint density at radius 1 is 1.78 bits per heavy atom. The number of alkyl halides is 1. The number of hydrogen-bond acceptors (Lipinski definition) is 1. The highest BCUT2D eigenvalue weighted by Crippen LogP contribution is 2.19. The van der Waals surface area contributed by atoms with Crippen LogP contribution >= 0.6 is 11.6 Å². The first-order chi connectivity index (χ1) is 4.22. The van der Waals surface area contributed by atoms with Gasteiger partial charge in [-0.1, -0.05) is 12.7 Å². The lowest BCUT2D eigenvalue weighted by Gasteiger charge is -2.10. The minimum Gasteiger partial charge on any atom is -0.510 e. The Morgan fingerprint density at radius 3 is 2.89 bits per heavy atom. The van der Waals surface area contributed by atoms with E-state index in [1.54, 1.807) is 6.08 Å². The van der Waals surface area contributed by atoms with Gasteiger partial charge in [0.25, 0.3) is 0 Å². The first kappa shape index (κ1) is 6.43. The lowest BCUT2D eigenvalue weighted by atomic mass is 10.1. The highest BCUT2D eigenvalue weighted by atomic mass is 35.5. The molecule has 1 N–H and O–H groups in total. The molecule has 0 aliphatic heterocycles. The first-order valence-corrected chi connectivity index (χ1v) is 2.97. The van der Waals surface area contributed by atoms with Gasteiger partial charge in [0.05, 0.1) is 0 Å². The maximum atomic E-state index is 8.95. The Balaban J connectivity index is 2.86. The minimum absolute atomic E-state index is 0.139. The molecule has 0 bridgehead atoms. The van der Waals surface area contributed by atoms with Crippen molar-refractivity contribution < 1.29 is 5.11 Å². The van der Waals surface area contributed by atoms with E-state index in [9.17, 15) is 0 Å². The summed E-state index contributed by atoms with van der Waals surface area (Å²) in [6, 6.07) is 0. The first-order valence-electron chi connectivity index (χ1n) is 2.53. The average Bonchev–Trinajstić information content (AvgIpc) is 1.83. The smallest absolute Gasteiger partial charge is 0.115 e. The maximum Gasteiger partial charge on any atom is 0.115 e. The molecule has 1 aliphatic carbocycles. The summed E-state index contributed by atoms with van der Waals surface area (Å²) in [5, 5.41) is 8.47. The second-order valence-electron chi connectivity index (χ2n) is 1.79. The van der Waals surface area contributed by atoms with E-state index < -0.39 is 5.38 Å². The van der Waals surface area contributed by atoms with Gasteiger partial charge in [-0.2, -0.15) is 0 Å². The maximum absolute atomic E-state index is 8.95. The molecule has 0 aromatic heterocycles. The van der Waals surface area contributed by atoms with Gasteiger partial charge in [0.1, 0.15) is 11.1 Å². The van der Waals surface area contributed by atoms with Crippen LogP contribution in [0, 0.1) is 6.08 Å². The van der Waals surface area contributed by atoms with Crippen LogP contribution in [0.15, 0.2) is 30.1 Å². The molecule has 0 heterocycles. The molecule has 0 saturated carbocycles. The van der Waals surface area contributed by atoms with Crippen molar-refractivity contribution in [2.24, 2.45) is 0 Å². The van der Waals surface area contributed by atoms with Gasteiger partial charge in [-0.15, -0.1) is 11.6 Å². The molecule has 1 unspecified atom stereocenters. The number of halogens is 1. The lowest BCUT2D eigenvalue weighted by Crippen LogP contribution is -2.06. The summed E-state index contributed by atoms with van der Waals surface area (Å²) in [5.74, 6) is 0.139. The third-order valence-corrected chi connectivity index (χ3v) is 1.58. The van der Waals surface area contributed by atoms with Crippen LogP contribution in [-0.2, 0) is 0 Å². The zero-order valence-electron chi connectivity index (χ0n) is 4.76. The molecule has 0 saturated heterocycles. The van der Waals surface area contributed by atoms with E-state index in [1.165, 1.54) is 6.08 Å². The molecule has 0 aromatic carbocycles. The van der Waals surface area contributed by atoms with E-state index >= 15 is 0 Å². The van der Waals surface area contributed by atoms with E-state index in [4.69, 9.17) is 16.7 Å². The van der Waals surface area contributed by atoms with Crippen molar-refractivity contribution in [2.45, 2.75) is 5.38 Å². The largest absolute Gasteiger partial charge is 0.510 e. The average molecular weight is 142 g/mol. The van der Waals surface area contributed by atoms with Crippen molar-refractivity contribution in [1.82, 2.24) is 0 Å². The molecule has 9 heavy (non-hydrogen) atoms. The van der Waals surface area contributed by atoms with Crippen LogP contribution in [0.4, 0.5) is 0 Å². The van der Waals surface area contributed by atoms with Gasteiger partial charge in [-0.05, 0) is 17.7 Å². The molecule has 0 spiro atoms. The second-order valence-corrected chi connectivity index (χ2v) is 2.23. The molecule has 1 nitrogen and oxygen atoms in total. The van der Waals surface area contributed by atoms with Gasteiger partial charge >= 0.3 is 0 Å². The highest BCUT2D eigenvalue weighted by molar-refractivity contribution is 6.24. The van der Waals surface area contributed by atoms with Crippen molar-refractivity contribution >= 4 is 11.6 Å². The molecular formula is C7H6ClO. The summed E-state index contributed by atoms with van der Waals surface area (Å²) in [6.07, 6.45) is 5.87. The van der Waals surface area contributed by atoms with E-state index in [1.807, 2.05) is 0 Å². The molecule has 1 atom stereocenters. The Hall–Kier alpha value is -0.690. The second kappa shape index (κ2) is 2.28. The van der Waals surface area contributed by atoms with Gasteiger partial charge in [0, 0.05) is 0 Å². The standard InChI is InChI=1S/C7H6ClO/c1-5-3-2-4-6(9)7(5)8/h2,4,7,9H,1H2. The van der Waals surface area contributed by atoms with Gasteiger partial charge in [-0.3, -0.25) is 0 Å². The van der Waals surface area contributed by atoms with E-state index in [2.05, 4.69) is 12.7 Å². The van der Waals surface area contributed by atoms with Crippen LogP contribution in [0.25, 0.3) is 0 Å². The van der Waals surface area contributed by atoms with Gasteiger partial charge in [0.2, 0.25) is 0 Å². The summed E-state index contributed by atoms with van der Waals surface area (Å²) in [6.45, 7) is 3.57. The highest BCUT2D eigenvalue weighted by Gasteiger charge is 2.13. The van der Waals surface area contributed by atoms with Crippen LogP contribution in [0.5, 0.6) is 0 Å². The summed E-state index contributed by atoms with van der Waals surface area (Å²) in [7, 11) is 0. The SMILES string of the molecule is C=C1[C]=CC=C(O)C1Cl. The van der Waals surface area contributed by atoms with Crippen LogP contribution in [-0.4, -0.2) is 10.5 Å². The third kappa shape index (κ3) is 1.16. The van der Waals surface area contributed by atoms with Gasteiger partial charge in [-0.25, -0.2) is 0 Å². The summed E-state index contributed by atoms with van der Waals surface area (Å²) in [4.78, 5) is 0. The predicted molar refractivity (Wildman–Crippen MR) is 37.3 cm³/mol. The molecule has 0 fully saturated rings. The van der Waals surface area contributed by atoms with Crippen molar-refractivity contribution in [1.29, 1.82) is 0 Å². The number of aliphatic hydroxyl groups is 1. The van der Waals surface area contributed by atoms with Crippen molar-refractivity contribution in [2.75, 3.05) is 0 Å². The third-order valence-electron chi connectivity index (χ3n) is 1.09. The van der Waals surface area contributed by atoms with Crippen molar-refractivity contribution in [3.8, 4) is 0 Å². The van der Waals surface area contributed by atoms with Crippen molar-refractivity contribution in [3.05, 3.63) is 36.1 Å². The number of hydrogen-bond donors (Lipinski definition) is 1. The monoisotopic (exact) mass is 141 g/mol. The topological polar surface area (TPSA) is 20.2 Å². The normalized spacial score (nSPS) is 26.1. The Morgan fingerprint density at radius 2 is 2.44 bits per heavy atom. The lowest BCUT2D eigenvalue weighted by molar-refractivity contribution is 0.400. The van der Waals surface area contributed by atoms with Gasteiger partial charge < -0.3 is 5.11 Å². The molecule has 1 radical (unpaired) electrons. The molecule has 1 rings (SSSR count). The van der Waals surface area contributed by atoms with Crippen molar-refractivity contribution in [3.63, 3.8) is 0 Å². The number of allylic oxidation sites excluding steroid dienone is 4. The summed E-state index contributed by atoms with van der Waals surface area (Å²) in [5.41, 5.74) is 0.608. The summed E-state index contributed by atoms with van der Waals surface area (Å²) >= 11 is 5.62. The van der Waals surface area contributed by atoms with E-state index in [0.717, 1.165) is 0 Å². The molecule has 0 aromatic rings. The molecule has 1 aliphatic rings. The Bertz CT molecular complexity index is 191. The Labute approximate surface area is 59.0 Å². The zero-order valence-corrected chi connectivity index (χ0v) is 5.52. The number of aliphatic hydroxyl groups excluding tert-OH is 1. The minimum atomic E-state index is -0.477.